The second kappa shape index (κ2) is 7.17. The van der Waals surface area contributed by atoms with E-state index in [1.54, 1.807) is 0 Å². The number of aliphatic hydroxyl groups is 2. The fourth-order valence-corrected chi connectivity index (χ4v) is 6.30. The van der Waals surface area contributed by atoms with Crippen molar-refractivity contribution in [1.29, 1.82) is 0 Å². The highest BCUT2D eigenvalue weighted by Gasteiger charge is 2.71. The summed E-state index contributed by atoms with van der Waals surface area (Å²) in [7, 11) is 2.95. The quantitative estimate of drug-likeness (QED) is 0.396. The number of aromatic hydroxyl groups is 1. The lowest BCUT2D eigenvalue weighted by molar-refractivity contribution is -0.188. The van der Waals surface area contributed by atoms with E-state index in [0.717, 1.165) is 6.07 Å². The molecule has 0 aromatic heterocycles. The summed E-state index contributed by atoms with van der Waals surface area (Å²) in [4.78, 5) is 66.6. The Morgan fingerprint density at radius 2 is 1.73 bits per heavy atom. The summed E-state index contributed by atoms with van der Waals surface area (Å²) in [5.41, 5.74) is 0.0293. The number of likely N-dealkylation sites (N-methyl/N-ethyl adjacent to an activating group) is 1. The minimum absolute atomic E-state index is 0.0124. The number of benzene rings is 1. The lowest BCUT2D eigenvalue weighted by Crippen LogP contribution is -2.75. The molecule has 0 radical (unpaired) electrons. The number of carbonyl (C=O) groups is 5. The molecular formula is C22H23ClN2O8. The van der Waals surface area contributed by atoms with E-state index in [1.807, 2.05) is 0 Å². The van der Waals surface area contributed by atoms with Crippen LogP contribution in [0.3, 0.4) is 0 Å². The summed E-state index contributed by atoms with van der Waals surface area (Å²) in [6.45, 7) is 1.32. The summed E-state index contributed by atoms with van der Waals surface area (Å²) >= 11 is 6.25. The maximum absolute atomic E-state index is 13.7. The average Bonchev–Trinajstić information content (AvgIpc) is 2.69. The molecule has 4 rings (SSSR count). The van der Waals surface area contributed by atoms with E-state index in [0.29, 0.717) is 0 Å². The minimum atomic E-state index is -2.86. The van der Waals surface area contributed by atoms with Gasteiger partial charge >= 0.3 is 0 Å². The van der Waals surface area contributed by atoms with Crippen LogP contribution in [0.25, 0.3) is 0 Å². The number of Topliss-reactive ketones (excluding diaryl/α,β-unsaturated/α-hetero) is 4. The van der Waals surface area contributed by atoms with Crippen molar-refractivity contribution in [3.05, 3.63) is 28.3 Å². The molecule has 5 N–H and O–H groups in total. The average molecular weight is 479 g/mol. The Labute approximate surface area is 193 Å². The van der Waals surface area contributed by atoms with Gasteiger partial charge in [-0.3, -0.25) is 28.9 Å². The number of phenolic OH excluding ortho intramolecular Hbond substituents is 1. The third kappa shape index (κ3) is 2.81. The molecule has 11 heteroatoms. The minimum Gasteiger partial charge on any atom is -0.507 e. The van der Waals surface area contributed by atoms with Gasteiger partial charge in [-0.2, -0.15) is 0 Å². The van der Waals surface area contributed by atoms with Crippen molar-refractivity contribution in [2.75, 3.05) is 14.1 Å². The van der Waals surface area contributed by atoms with Crippen molar-refractivity contribution in [3.63, 3.8) is 0 Å². The van der Waals surface area contributed by atoms with Gasteiger partial charge in [-0.05, 0) is 39.6 Å². The molecule has 176 valence electrons. The number of primary amides is 1. The molecule has 0 bridgehead atoms. The monoisotopic (exact) mass is 478 g/mol. The van der Waals surface area contributed by atoms with E-state index < -0.39 is 75.7 Å². The molecule has 2 fully saturated rings. The summed E-state index contributed by atoms with van der Waals surface area (Å²) in [6.07, 6.45) is -0.289. The summed E-state index contributed by atoms with van der Waals surface area (Å²) in [5, 5.41) is 33.3. The number of hydrogen-bond acceptors (Lipinski definition) is 9. The van der Waals surface area contributed by atoms with Gasteiger partial charge in [0.05, 0.1) is 23.1 Å². The van der Waals surface area contributed by atoms with Gasteiger partial charge < -0.3 is 21.1 Å². The van der Waals surface area contributed by atoms with Gasteiger partial charge in [-0.25, -0.2) is 0 Å². The Bertz CT molecular complexity index is 1150. The number of phenols is 1. The molecule has 1 aromatic rings. The maximum Gasteiger partial charge on any atom is 0.235 e. The number of halogens is 1. The Morgan fingerprint density at radius 3 is 2.27 bits per heavy atom. The van der Waals surface area contributed by atoms with Crippen molar-refractivity contribution < 1.29 is 39.3 Å². The fraction of sp³-hybridized carbons (Fsp3) is 0.500. The number of fused-ring (bicyclic) bond motifs is 3. The van der Waals surface area contributed by atoms with Crippen molar-refractivity contribution in [2.24, 2.45) is 29.4 Å². The van der Waals surface area contributed by atoms with Gasteiger partial charge in [0.2, 0.25) is 5.91 Å². The van der Waals surface area contributed by atoms with Crippen molar-refractivity contribution in [1.82, 2.24) is 4.90 Å². The van der Waals surface area contributed by atoms with Gasteiger partial charge in [0.15, 0.2) is 34.7 Å². The Kier molecular flexibility index (Phi) is 5.10. The Balaban J connectivity index is 1.97. The molecule has 10 nitrogen and oxygen atoms in total. The van der Waals surface area contributed by atoms with Crippen LogP contribution in [0.4, 0.5) is 0 Å². The number of nitrogens with two attached hydrogens (primary N) is 1. The molecule has 7 atom stereocenters. The van der Waals surface area contributed by atoms with Gasteiger partial charge in [0, 0.05) is 22.4 Å². The van der Waals surface area contributed by atoms with Crippen LogP contribution in [-0.2, 0) is 24.8 Å². The highest BCUT2D eigenvalue weighted by atomic mass is 35.5. The molecular weight excluding hydrogens is 456 g/mol. The van der Waals surface area contributed by atoms with Gasteiger partial charge in [-0.1, -0.05) is 11.6 Å². The predicted octanol–water partition coefficient (Wildman–Crippen LogP) is -0.815. The SMILES string of the molecule is CN(C)[C@@H]1C(=O)C(C(N)=O)C(=O)[C@@]2(O)C(=O)C3C(=O)c4c(O)ccc(Cl)c4[C@@](C)(O)[C@@H]3C[C@@H]12. The summed E-state index contributed by atoms with van der Waals surface area (Å²) in [5.74, 6) is -12.5. The van der Waals surface area contributed by atoms with Crippen LogP contribution >= 0.6 is 11.6 Å². The molecule has 2 saturated carbocycles. The number of amides is 1. The van der Waals surface area contributed by atoms with E-state index in [2.05, 4.69) is 0 Å². The third-order valence-electron chi connectivity index (χ3n) is 7.43. The molecule has 2 unspecified atom stereocenters. The van der Waals surface area contributed by atoms with Crippen molar-refractivity contribution in [3.8, 4) is 5.75 Å². The third-order valence-corrected chi connectivity index (χ3v) is 7.75. The summed E-state index contributed by atoms with van der Waals surface area (Å²) < 4.78 is 0. The zero-order chi connectivity index (χ0) is 24.8. The van der Waals surface area contributed by atoms with Crippen LogP contribution in [0.15, 0.2) is 12.1 Å². The standard InChI is InChI=1S/C22H23ClN2O8/c1-21(32)7-6-8-15(25(2)3)17(28)13(20(24)31)19(30)22(8,33)18(29)11(7)16(27)12-10(26)5-4-9(23)14(12)21/h4-5,7-8,11,13,15,26,32-33H,6H2,1-3H3,(H2,24,31)/t7-,8+,11?,13?,15+,21+,22+/m1/s1. The molecule has 3 aliphatic rings. The Morgan fingerprint density at radius 1 is 1.12 bits per heavy atom. The Hall–Kier alpha value is -2.66. The van der Waals surface area contributed by atoms with Crippen LogP contribution in [0.1, 0.15) is 29.3 Å². The number of rotatable bonds is 2. The predicted molar refractivity (Wildman–Crippen MR) is 112 cm³/mol. The normalized spacial score (nSPS) is 38.1. The van der Waals surface area contributed by atoms with E-state index in [-0.39, 0.29) is 22.6 Å². The molecule has 1 amide bonds. The van der Waals surface area contributed by atoms with E-state index in [1.165, 1.54) is 32.0 Å². The van der Waals surface area contributed by atoms with E-state index in [9.17, 15) is 39.3 Å². The topological polar surface area (TPSA) is 175 Å². The molecule has 0 spiro atoms. The van der Waals surface area contributed by atoms with Gasteiger partial charge in [0.25, 0.3) is 0 Å². The second-order valence-corrected chi connectivity index (χ2v) is 9.80. The second-order valence-electron chi connectivity index (χ2n) is 9.40. The van der Waals surface area contributed by atoms with Crippen LogP contribution in [0.5, 0.6) is 5.75 Å². The molecule has 1 aromatic carbocycles. The van der Waals surface area contributed by atoms with Gasteiger partial charge in [0.1, 0.15) is 5.75 Å². The van der Waals surface area contributed by atoms with E-state index in [4.69, 9.17) is 17.3 Å². The van der Waals surface area contributed by atoms with Crippen LogP contribution in [0, 0.1) is 23.7 Å². The molecule has 0 aliphatic heterocycles. The van der Waals surface area contributed by atoms with Crippen LogP contribution in [0.2, 0.25) is 5.02 Å². The van der Waals surface area contributed by atoms with Crippen molar-refractivity contribution in [2.45, 2.75) is 30.6 Å². The van der Waals surface area contributed by atoms with Gasteiger partial charge in [-0.15, -0.1) is 0 Å². The zero-order valence-electron chi connectivity index (χ0n) is 18.0. The van der Waals surface area contributed by atoms with E-state index >= 15 is 0 Å². The highest BCUT2D eigenvalue weighted by Crippen LogP contribution is 2.56. The number of carbonyl (C=O) groups excluding carboxylic acids is 5. The molecule has 0 heterocycles. The summed E-state index contributed by atoms with van der Waals surface area (Å²) in [6, 6.07) is 1.17. The van der Waals surface area contributed by atoms with Crippen LogP contribution in [-0.4, -0.2) is 75.0 Å². The number of hydrogen-bond donors (Lipinski definition) is 4. The zero-order valence-corrected chi connectivity index (χ0v) is 18.8. The maximum atomic E-state index is 13.7. The molecule has 33 heavy (non-hydrogen) atoms. The first kappa shape index (κ1) is 23.5. The first-order chi connectivity index (χ1) is 15.2. The highest BCUT2D eigenvalue weighted by molar-refractivity contribution is 6.34. The first-order valence-corrected chi connectivity index (χ1v) is 10.7. The smallest absolute Gasteiger partial charge is 0.235 e. The molecule has 3 aliphatic carbocycles. The fourth-order valence-electron chi connectivity index (χ4n) is 5.95. The lowest BCUT2D eigenvalue weighted by Gasteiger charge is -2.55. The largest absolute Gasteiger partial charge is 0.507 e. The first-order valence-electron chi connectivity index (χ1n) is 10.3. The molecule has 0 saturated heterocycles. The number of ketones is 4. The lowest BCUT2D eigenvalue weighted by atomic mass is 9.49. The van der Waals surface area contributed by atoms with Crippen molar-refractivity contribution >= 4 is 40.6 Å². The number of nitrogens with zero attached hydrogens (tertiary/aromatic N) is 1. The van der Waals surface area contributed by atoms with Crippen LogP contribution < -0.4 is 5.73 Å².